The minimum absolute atomic E-state index is 0.0213. The molecule has 1 aliphatic rings. The third-order valence-electron chi connectivity index (χ3n) is 3.17. The van der Waals surface area contributed by atoms with Crippen molar-refractivity contribution in [1.29, 1.82) is 0 Å². The predicted molar refractivity (Wildman–Crippen MR) is 85.6 cm³/mol. The normalized spacial score (nSPS) is 16.5. The molecule has 0 bridgehead atoms. The second-order valence-corrected chi connectivity index (χ2v) is 6.76. The van der Waals surface area contributed by atoms with Crippen LogP contribution < -0.4 is 5.32 Å². The van der Waals surface area contributed by atoms with Gasteiger partial charge in [0.25, 0.3) is 0 Å². The van der Waals surface area contributed by atoms with Crippen LogP contribution in [0.1, 0.15) is 17.8 Å². The third kappa shape index (κ3) is 5.33. The van der Waals surface area contributed by atoms with E-state index in [4.69, 9.17) is 4.74 Å². The largest absolute Gasteiger partial charge is 0.378 e. The van der Waals surface area contributed by atoms with Gasteiger partial charge in [-0.3, -0.25) is 9.59 Å². The summed E-state index contributed by atoms with van der Waals surface area (Å²) in [6, 6.07) is 4.00. The first-order chi connectivity index (χ1) is 10.2. The number of nitrogens with zero attached hydrogens (tertiary/aromatic N) is 1. The molecule has 0 aliphatic carbocycles. The SMILES string of the molecule is CC(NC(=O)CSCC(=O)N1CCOCC1)c1cccs1. The maximum absolute atomic E-state index is 11.9. The van der Waals surface area contributed by atoms with E-state index in [9.17, 15) is 9.59 Å². The van der Waals surface area contributed by atoms with Gasteiger partial charge in [0.1, 0.15) is 0 Å². The van der Waals surface area contributed by atoms with Crippen molar-refractivity contribution in [3.05, 3.63) is 22.4 Å². The molecule has 2 amide bonds. The fourth-order valence-corrected chi connectivity index (χ4v) is 3.49. The van der Waals surface area contributed by atoms with Crippen molar-refractivity contribution in [3.8, 4) is 0 Å². The van der Waals surface area contributed by atoms with E-state index >= 15 is 0 Å². The van der Waals surface area contributed by atoms with Gasteiger partial charge in [0.15, 0.2) is 0 Å². The summed E-state index contributed by atoms with van der Waals surface area (Å²) in [5.74, 6) is 0.713. The van der Waals surface area contributed by atoms with Crippen molar-refractivity contribution in [2.45, 2.75) is 13.0 Å². The van der Waals surface area contributed by atoms with E-state index in [2.05, 4.69) is 5.32 Å². The standard InChI is InChI=1S/C14H20N2O3S2/c1-11(12-3-2-8-21-12)15-13(17)9-20-10-14(18)16-4-6-19-7-5-16/h2-3,8,11H,4-7,9-10H2,1H3,(H,15,17). The summed E-state index contributed by atoms with van der Waals surface area (Å²) in [6.45, 7) is 4.49. The van der Waals surface area contributed by atoms with Crippen LogP contribution in [0.5, 0.6) is 0 Å². The molecule has 1 aliphatic heterocycles. The average Bonchev–Trinajstić information content (AvgIpc) is 3.02. The van der Waals surface area contributed by atoms with Gasteiger partial charge in [-0.25, -0.2) is 0 Å². The van der Waals surface area contributed by atoms with E-state index in [1.54, 1.807) is 16.2 Å². The number of amides is 2. The van der Waals surface area contributed by atoms with Crippen LogP contribution in [-0.2, 0) is 14.3 Å². The zero-order valence-electron chi connectivity index (χ0n) is 12.0. The lowest BCUT2D eigenvalue weighted by molar-refractivity contribution is -0.132. The number of rotatable bonds is 6. The summed E-state index contributed by atoms with van der Waals surface area (Å²) in [5.41, 5.74) is 0. The zero-order chi connectivity index (χ0) is 15.1. The van der Waals surface area contributed by atoms with Crippen LogP contribution in [0, 0.1) is 0 Å². The monoisotopic (exact) mass is 328 g/mol. The van der Waals surface area contributed by atoms with Gasteiger partial charge in [-0.2, -0.15) is 0 Å². The van der Waals surface area contributed by atoms with Gasteiger partial charge in [0.2, 0.25) is 11.8 Å². The van der Waals surface area contributed by atoms with Gasteiger partial charge in [-0.15, -0.1) is 23.1 Å². The molecular formula is C14H20N2O3S2. The van der Waals surface area contributed by atoms with Gasteiger partial charge in [-0.05, 0) is 18.4 Å². The van der Waals surface area contributed by atoms with E-state index in [1.165, 1.54) is 11.8 Å². The molecule has 7 heteroatoms. The quantitative estimate of drug-likeness (QED) is 0.860. The molecule has 1 fully saturated rings. The molecule has 0 aromatic carbocycles. The fraction of sp³-hybridized carbons (Fsp3) is 0.571. The Kier molecular flexibility index (Phi) is 6.53. The molecule has 0 radical (unpaired) electrons. The maximum Gasteiger partial charge on any atom is 0.232 e. The van der Waals surface area contributed by atoms with Crippen LogP contribution in [0.3, 0.4) is 0 Å². The lowest BCUT2D eigenvalue weighted by Crippen LogP contribution is -2.41. The highest BCUT2D eigenvalue weighted by Crippen LogP contribution is 2.18. The Morgan fingerprint density at radius 3 is 2.86 bits per heavy atom. The molecule has 2 rings (SSSR count). The molecule has 1 unspecified atom stereocenters. The lowest BCUT2D eigenvalue weighted by atomic mass is 10.3. The lowest BCUT2D eigenvalue weighted by Gasteiger charge is -2.26. The van der Waals surface area contributed by atoms with Gasteiger partial charge in [-0.1, -0.05) is 6.07 Å². The number of carbonyl (C=O) groups excluding carboxylic acids is 2. The van der Waals surface area contributed by atoms with Crippen molar-refractivity contribution < 1.29 is 14.3 Å². The maximum atomic E-state index is 11.9. The summed E-state index contributed by atoms with van der Waals surface area (Å²) in [7, 11) is 0. The highest BCUT2D eigenvalue weighted by Gasteiger charge is 2.17. The number of hydrogen-bond acceptors (Lipinski definition) is 5. The molecule has 1 atom stereocenters. The smallest absolute Gasteiger partial charge is 0.232 e. The first-order valence-electron chi connectivity index (χ1n) is 6.93. The van der Waals surface area contributed by atoms with Gasteiger partial charge >= 0.3 is 0 Å². The third-order valence-corrected chi connectivity index (χ3v) is 5.14. The molecule has 0 spiro atoms. The number of thiophene rings is 1. The number of hydrogen-bond donors (Lipinski definition) is 1. The molecule has 1 saturated heterocycles. The van der Waals surface area contributed by atoms with Gasteiger partial charge < -0.3 is 15.0 Å². The summed E-state index contributed by atoms with van der Waals surface area (Å²) < 4.78 is 5.21. The highest BCUT2D eigenvalue weighted by atomic mass is 32.2. The Hall–Kier alpha value is -1.05. The van der Waals surface area contributed by atoms with Gasteiger partial charge in [0.05, 0.1) is 30.8 Å². The van der Waals surface area contributed by atoms with Crippen molar-refractivity contribution in [2.24, 2.45) is 0 Å². The van der Waals surface area contributed by atoms with E-state index in [0.29, 0.717) is 37.8 Å². The number of thioether (sulfide) groups is 1. The van der Waals surface area contributed by atoms with Gasteiger partial charge in [0, 0.05) is 18.0 Å². The minimum atomic E-state index is -0.0318. The molecule has 116 valence electrons. The first-order valence-corrected chi connectivity index (χ1v) is 8.96. The summed E-state index contributed by atoms with van der Waals surface area (Å²) >= 11 is 2.99. The zero-order valence-corrected chi connectivity index (χ0v) is 13.7. The van der Waals surface area contributed by atoms with Crippen LogP contribution in [0.2, 0.25) is 0 Å². The summed E-state index contributed by atoms with van der Waals surface area (Å²) in [5, 5.41) is 4.94. The van der Waals surface area contributed by atoms with Crippen molar-refractivity contribution in [1.82, 2.24) is 10.2 Å². The molecule has 2 heterocycles. The summed E-state index contributed by atoms with van der Waals surface area (Å²) in [6.07, 6.45) is 0. The molecular weight excluding hydrogens is 308 g/mol. The molecule has 5 nitrogen and oxygen atoms in total. The first kappa shape index (κ1) is 16.3. The van der Waals surface area contributed by atoms with Crippen LogP contribution in [0.15, 0.2) is 17.5 Å². The van der Waals surface area contributed by atoms with Crippen LogP contribution in [0.4, 0.5) is 0 Å². The Labute approximate surface area is 133 Å². The number of morpholine rings is 1. The van der Waals surface area contributed by atoms with E-state index in [-0.39, 0.29) is 17.9 Å². The molecule has 1 N–H and O–H groups in total. The Morgan fingerprint density at radius 1 is 1.43 bits per heavy atom. The molecule has 1 aromatic heterocycles. The second kappa shape index (κ2) is 8.41. The predicted octanol–water partition coefficient (Wildman–Crippen LogP) is 1.52. The second-order valence-electron chi connectivity index (χ2n) is 4.79. The number of nitrogens with one attached hydrogen (secondary N) is 1. The van der Waals surface area contributed by atoms with E-state index in [0.717, 1.165) is 4.88 Å². The Balaban J connectivity index is 1.63. The van der Waals surface area contributed by atoms with Crippen molar-refractivity contribution in [3.63, 3.8) is 0 Å². The highest BCUT2D eigenvalue weighted by molar-refractivity contribution is 8.00. The average molecular weight is 328 g/mol. The van der Waals surface area contributed by atoms with E-state index in [1.807, 2.05) is 24.4 Å². The topological polar surface area (TPSA) is 58.6 Å². The number of ether oxygens (including phenoxy) is 1. The van der Waals surface area contributed by atoms with Crippen LogP contribution in [-0.4, -0.2) is 54.5 Å². The van der Waals surface area contributed by atoms with Crippen molar-refractivity contribution in [2.75, 3.05) is 37.8 Å². The molecule has 21 heavy (non-hydrogen) atoms. The number of carbonyl (C=O) groups is 2. The fourth-order valence-electron chi connectivity index (χ4n) is 2.03. The molecule has 0 saturated carbocycles. The Morgan fingerprint density at radius 2 is 2.19 bits per heavy atom. The minimum Gasteiger partial charge on any atom is -0.378 e. The van der Waals surface area contributed by atoms with Crippen LogP contribution >= 0.6 is 23.1 Å². The Bertz CT molecular complexity index is 459. The van der Waals surface area contributed by atoms with E-state index < -0.39 is 0 Å². The molecule has 1 aromatic rings. The van der Waals surface area contributed by atoms with Crippen molar-refractivity contribution >= 4 is 34.9 Å². The summed E-state index contributed by atoms with van der Waals surface area (Å²) in [4.78, 5) is 26.7. The van der Waals surface area contributed by atoms with Crippen LogP contribution in [0.25, 0.3) is 0 Å².